The van der Waals surface area contributed by atoms with Crippen LogP contribution in [0.3, 0.4) is 0 Å². The van der Waals surface area contributed by atoms with Crippen molar-refractivity contribution in [3.05, 3.63) is 54.6 Å². The average Bonchev–Trinajstić information content (AvgIpc) is 2.81. The van der Waals surface area contributed by atoms with Gasteiger partial charge in [0, 0.05) is 10.8 Å². The second-order valence-electron chi connectivity index (χ2n) is 4.93. The Labute approximate surface area is 115 Å². The SMILES string of the molecule is OB(O)c1ccc2cc3oc4ccccc4c3cc2c1. The van der Waals surface area contributed by atoms with Crippen molar-refractivity contribution in [2.24, 2.45) is 0 Å². The highest BCUT2D eigenvalue weighted by Crippen LogP contribution is 2.31. The van der Waals surface area contributed by atoms with E-state index < -0.39 is 7.12 Å². The van der Waals surface area contributed by atoms with Gasteiger partial charge >= 0.3 is 7.12 Å². The molecule has 0 bridgehead atoms. The van der Waals surface area contributed by atoms with Crippen LogP contribution in [0, 0.1) is 0 Å². The van der Waals surface area contributed by atoms with Gasteiger partial charge in [-0.05, 0) is 34.4 Å². The van der Waals surface area contributed by atoms with Gasteiger partial charge in [0.05, 0.1) is 0 Å². The lowest BCUT2D eigenvalue weighted by Gasteiger charge is -2.02. The van der Waals surface area contributed by atoms with E-state index in [4.69, 9.17) is 4.42 Å². The lowest BCUT2D eigenvalue weighted by molar-refractivity contribution is 0.426. The first-order valence-corrected chi connectivity index (χ1v) is 6.43. The minimum Gasteiger partial charge on any atom is -0.456 e. The molecule has 0 amide bonds. The third-order valence-electron chi connectivity index (χ3n) is 3.66. The Morgan fingerprint density at radius 1 is 0.750 bits per heavy atom. The zero-order valence-electron chi connectivity index (χ0n) is 10.6. The lowest BCUT2D eigenvalue weighted by atomic mass is 9.79. The van der Waals surface area contributed by atoms with Crippen LogP contribution >= 0.6 is 0 Å². The van der Waals surface area contributed by atoms with E-state index in [0.717, 1.165) is 32.7 Å². The van der Waals surface area contributed by atoms with E-state index in [1.807, 2.05) is 42.5 Å². The maximum Gasteiger partial charge on any atom is 0.488 e. The molecule has 0 aliphatic carbocycles. The molecule has 3 aromatic carbocycles. The maximum absolute atomic E-state index is 9.27. The van der Waals surface area contributed by atoms with Crippen molar-refractivity contribution in [1.82, 2.24) is 0 Å². The monoisotopic (exact) mass is 262 g/mol. The second kappa shape index (κ2) is 4.10. The molecule has 3 nitrogen and oxygen atoms in total. The molecule has 0 saturated carbocycles. The number of furan rings is 1. The molecule has 96 valence electrons. The van der Waals surface area contributed by atoms with Crippen LogP contribution in [0.5, 0.6) is 0 Å². The fraction of sp³-hybridized carbons (Fsp3) is 0. The van der Waals surface area contributed by atoms with Crippen molar-refractivity contribution in [1.29, 1.82) is 0 Å². The van der Waals surface area contributed by atoms with Crippen LogP contribution in [-0.4, -0.2) is 17.2 Å². The smallest absolute Gasteiger partial charge is 0.456 e. The van der Waals surface area contributed by atoms with Gasteiger partial charge in [0.2, 0.25) is 0 Å². The number of para-hydroxylation sites is 1. The Morgan fingerprint density at radius 3 is 2.45 bits per heavy atom. The largest absolute Gasteiger partial charge is 0.488 e. The Morgan fingerprint density at radius 2 is 1.60 bits per heavy atom. The predicted molar refractivity (Wildman–Crippen MR) is 81.1 cm³/mol. The van der Waals surface area contributed by atoms with Crippen molar-refractivity contribution in [3.8, 4) is 0 Å². The van der Waals surface area contributed by atoms with E-state index in [0.29, 0.717) is 5.46 Å². The van der Waals surface area contributed by atoms with E-state index in [1.165, 1.54) is 0 Å². The lowest BCUT2D eigenvalue weighted by Crippen LogP contribution is -2.29. The summed E-state index contributed by atoms with van der Waals surface area (Å²) in [6.07, 6.45) is 0. The summed E-state index contributed by atoms with van der Waals surface area (Å²) >= 11 is 0. The fourth-order valence-electron chi connectivity index (χ4n) is 2.65. The second-order valence-corrected chi connectivity index (χ2v) is 4.93. The molecule has 4 rings (SSSR count). The van der Waals surface area contributed by atoms with Crippen LogP contribution in [0.15, 0.2) is 59.0 Å². The summed E-state index contributed by atoms with van der Waals surface area (Å²) in [5.41, 5.74) is 2.20. The van der Waals surface area contributed by atoms with Gasteiger partial charge in [-0.15, -0.1) is 0 Å². The average molecular weight is 262 g/mol. The summed E-state index contributed by atoms with van der Waals surface area (Å²) in [5, 5.41) is 22.6. The summed E-state index contributed by atoms with van der Waals surface area (Å²) < 4.78 is 5.84. The first kappa shape index (κ1) is 11.5. The Kier molecular flexibility index (Phi) is 2.36. The zero-order valence-corrected chi connectivity index (χ0v) is 10.6. The third-order valence-corrected chi connectivity index (χ3v) is 3.66. The molecular formula is C16H11BO3. The summed E-state index contributed by atoms with van der Waals surface area (Å²) in [7, 11) is -1.45. The number of fused-ring (bicyclic) bond motifs is 4. The van der Waals surface area contributed by atoms with Gasteiger partial charge < -0.3 is 14.5 Å². The van der Waals surface area contributed by atoms with E-state index in [2.05, 4.69) is 0 Å². The molecule has 0 spiro atoms. The molecule has 1 heterocycles. The molecule has 0 fully saturated rings. The molecule has 0 aliphatic rings. The van der Waals surface area contributed by atoms with E-state index >= 15 is 0 Å². The normalized spacial score (nSPS) is 11.5. The molecule has 0 saturated heterocycles. The van der Waals surface area contributed by atoms with Crippen molar-refractivity contribution in [2.45, 2.75) is 0 Å². The number of rotatable bonds is 1. The number of hydrogen-bond donors (Lipinski definition) is 2. The quantitative estimate of drug-likeness (QED) is 0.518. The van der Waals surface area contributed by atoms with Gasteiger partial charge in [0.15, 0.2) is 0 Å². The highest BCUT2D eigenvalue weighted by atomic mass is 16.4. The Balaban J connectivity index is 2.11. The zero-order chi connectivity index (χ0) is 13.7. The topological polar surface area (TPSA) is 53.6 Å². The third kappa shape index (κ3) is 1.63. The van der Waals surface area contributed by atoms with Gasteiger partial charge in [-0.2, -0.15) is 0 Å². The van der Waals surface area contributed by atoms with Crippen molar-refractivity contribution in [3.63, 3.8) is 0 Å². The highest BCUT2D eigenvalue weighted by Gasteiger charge is 2.12. The van der Waals surface area contributed by atoms with Crippen LogP contribution in [0.25, 0.3) is 32.7 Å². The van der Waals surface area contributed by atoms with Gasteiger partial charge in [-0.1, -0.05) is 36.4 Å². The van der Waals surface area contributed by atoms with E-state index in [1.54, 1.807) is 12.1 Å². The van der Waals surface area contributed by atoms with Crippen LogP contribution < -0.4 is 5.46 Å². The van der Waals surface area contributed by atoms with Crippen molar-refractivity contribution < 1.29 is 14.5 Å². The summed E-state index contributed by atoms with van der Waals surface area (Å²) in [6, 6.07) is 17.3. The van der Waals surface area contributed by atoms with Crippen molar-refractivity contribution >= 4 is 45.3 Å². The van der Waals surface area contributed by atoms with Crippen LogP contribution in [0.1, 0.15) is 0 Å². The molecule has 0 radical (unpaired) electrons. The molecule has 4 heteroatoms. The molecule has 2 N–H and O–H groups in total. The van der Waals surface area contributed by atoms with Gasteiger partial charge in [0.1, 0.15) is 11.2 Å². The number of hydrogen-bond acceptors (Lipinski definition) is 3. The molecule has 0 aliphatic heterocycles. The molecular weight excluding hydrogens is 251 g/mol. The van der Waals surface area contributed by atoms with Crippen molar-refractivity contribution in [2.75, 3.05) is 0 Å². The van der Waals surface area contributed by atoms with Gasteiger partial charge in [-0.25, -0.2) is 0 Å². The Bertz CT molecular complexity index is 940. The van der Waals surface area contributed by atoms with E-state index in [9.17, 15) is 10.0 Å². The maximum atomic E-state index is 9.27. The minimum absolute atomic E-state index is 0.490. The first-order valence-electron chi connectivity index (χ1n) is 6.43. The van der Waals surface area contributed by atoms with Crippen LogP contribution in [0.4, 0.5) is 0 Å². The summed E-state index contributed by atoms with van der Waals surface area (Å²) in [6.45, 7) is 0. The van der Waals surface area contributed by atoms with Crippen LogP contribution in [-0.2, 0) is 0 Å². The molecule has 4 aromatic rings. The van der Waals surface area contributed by atoms with Gasteiger partial charge in [0.25, 0.3) is 0 Å². The summed E-state index contributed by atoms with van der Waals surface area (Å²) in [5.74, 6) is 0. The molecule has 1 aromatic heterocycles. The standard InChI is InChI=1S/C16H11BO3/c18-17(19)12-6-5-10-9-16-14(8-11(10)7-12)13-3-1-2-4-15(13)20-16/h1-9,18-19H. The molecule has 0 unspecified atom stereocenters. The number of benzene rings is 3. The highest BCUT2D eigenvalue weighted by molar-refractivity contribution is 6.58. The Hall–Kier alpha value is -2.30. The summed E-state index contributed by atoms with van der Waals surface area (Å²) in [4.78, 5) is 0. The fourth-order valence-corrected chi connectivity index (χ4v) is 2.65. The van der Waals surface area contributed by atoms with E-state index in [-0.39, 0.29) is 0 Å². The van der Waals surface area contributed by atoms with Gasteiger partial charge in [-0.3, -0.25) is 0 Å². The first-order chi connectivity index (χ1) is 9.72. The molecule has 20 heavy (non-hydrogen) atoms. The predicted octanol–water partition coefficient (Wildman–Crippen LogP) is 2.42. The minimum atomic E-state index is -1.45. The molecule has 0 atom stereocenters. The van der Waals surface area contributed by atoms with Crippen LogP contribution in [0.2, 0.25) is 0 Å².